The van der Waals surface area contributed by atoms with Crippen LogP contribution in [-0.4, -0.2) is 39.1 Å². The number of carbonyl (C=O) groups is 1. The molecule has 4 aromatic rings. The van der Waals surface area contributed by atoms with E-state index in [1.807, 2.05) is 31.2 Å². The van der Waals surface area contributed by atoms with Crippen LogP contribution in [0.2, 0.25) is 0 Å². The first-order valence-corrected chi connectivity index (χ1v) is 10.0. The summed E-state index contributed by atoms with van der Waals surface area (Å²) in [5, 5.41) is 3.48. The van der Waals surface area contributed by atoms with Crippen molar-refractivity contribution in [3.8, 4) is 0 Å². The van der Waals surface area contributed by atoms with Crippen molar-refractivity contribution in [1.29, 1.82) is 0 Å². The lowest BCUT2D eigenvalue weighted by Crippen LogP contribution is -2.29. The molecule has 1 aromatic carbocycles. The van der Waals surface area contributed by atoms with Gasteiger partial charge in [0, 0.05) is 13.7 Å². The van der Waals surface area contributed by atoms with E-state index in [2.05, 4.69) is 19.9 Å². The number of fused-ring (bicyclic) bond motifs is 2. The van der Waals surface area contributed by atoms with Crippen molar-refractivity contribution in [1.82, 2.24) is 24.8 Å². The molecule has 0 aliphatic carbocycles. The maximum Gasteiger partial charge on any atom is 0.262 e. The number of imidazole rings is 1. The van der Waals surface area contributed by atoms with Crippen LogP contribution in [0.15, 0.2) is 35.4 Å². The minimum atomic E-state index is -0.331. The van der Waals surface area contributed by atoms with Gasteiger partial charge in [0.2, 0.25) is 0 Å². The number of aryl methyl sites for hydroxylation is 1. The second-order valence-corrected chi connectivity index (χ2v) is 7.77. The van der Waals surface area contributed by atoms with Gasteiger partial charge >= 0.3 is 0 Å². The second-order valence-electron chi connectivity index (χ2n) is 6.77. The zero-order valence-electron chi connectivity index (χ0n) is 16.4. The Morgan fingerprint density at radius 1 is 1.38 bits per heavy atom. The lowest BCUT2D eigenvalue weighted by Gasteiger charge is -2.16. The van der Waals surface area contributed by atoms with Gasteiger partial charge in [0.1, 0.15) is 10.7 Å². The van der Waals surface area contributed by atoms with Crippen LogP contribution in [0.25, 0.3) is 21.3 Å². The number of para-hydroxylation sites is 2. The quantitative estimate of drug-likeness (QED) is 0.508. The Balaban J connectivity index is 1.67. The third-order valence-corrected chi connectivity index (χ3v) is 6.08. The number of nitrogens with one attached hydrogen (secondary N) is 2. The number of H-pyrrole nitrogens is 1. The first-order chi connectivity index (χ1) is 14.0. The molecule has 150 valence electrons. The number of methoxy groups -OCH3 is 1. The largest absolute Gasteiger partial charge is 0.383 e. The van der Waals surface area contributed by atoms with Gasteiger partial charge in [0.05, 0.1) is 40.3 Å². The third kappa shape index (κ3) is 3.43. The van der Waals surface area contributed by atoms with E-state index in [1.165, 1.54) is 17.7 Å². The number of thiophene rings is 1. The van der Waals surface area contributed by atoms with E-state index in [1.54, 1.807) is 14.0 Å². The predicted molar refractivity (Wildman–Crippen MR) is 112 cm³/mol. The summed E-state index contributed by atoms with van der Waals surface area (Å²) in [5.41, 5.74) is 2.26. The number of ether oxygens (including phenoxy) is 1. The highest BCUT2D eigenvalue weighted by molar-refractivity contribution is 7.20. The summed E-state index contributed by atoms with van der Waals surface area (Å²) in [6, 6.07) is 7.52. The summed E-state index contributed by atoms with van der Waals surface area (Å²) in [6.07, 6.45) is 1.35. The number of hydrogen-bond donors (Lipinski definition) is 2. The van der Waals surface area contributed by atoms with Crippen LogP contribution in [0.5, 0.6) is 0 Å². The molecule has 1 unspecified atom stereocenters. The molecule has 3 heterocycles. The topological polar surface area (TPSA) is 102 Å². The Morgan fingerprint density at radius 2 is 2.17 bits per heavy atom. The fourth-order valence-electron chi connectivity index (χ4n) is 3.46. The van der Waals surface area contributed by atoms with Crippen molar-refractivity contribution < 1.29 is 9.53 Å². The molecule has 3 aromatic heterocycles. The third-order valence-electron chi connectivity index (χ3n) is 4.88. The maximum absolute atomic E-state index is 13.0. The molecule has 0 bridgehead atoms. The number of carbonyl (C=O) groups excluding carboxylic acids is 1. The van der Waals surface area contributed by atoms with Gasteiger partial charge in [-0.1, -0.05) is 12.1 Å². The van der Waals surface area contributed by atoms with Crippen LogP contribution in [0.1, 0.15) is 34.0 Å². The number of rotatable bonds is 6. The molecular weight excluding hydrogens is 390 g/mol. The summed E-state index contributed by atoms with van der Waals surface area (Å²) in [5.74, 6) is 0.508. The number of hydrogen-bond acceptors (Lipinski definition) is 6. The average Bonchev–Trinajstić information content (AvgIpc) is 3.25. The van der Waals surface area contributed by atoms with Crippen LogP contribution in [0, 0.1) is 6.92 Å². The Labute approximate surface area is 170 Å². The van der Waals surface area contributed by atoms with Crippen molar-refractivity contribution >= 4 is 38.5 Å². The van der Waals surface area contributed by atoms with Gasteiger partial charge in [-0.2, -0.15) is 0 Å². The lowest BCUT2D eigenvalue weighted by molar-refractivity contribution is 0.0941. The minimum Gasteiger partial charge on any atom is -0.383 e. The molecule has 0 fully saturated rings. The number of nitrogens with zero attached hydrogens (tertiary/aromatic N) is 3. The Kier molecular flexibility index (Phi) is 5.16. The van der Waals surface area contributed by atoms with Crippen LogP contribution in [0.4, 0.5) is 0 Å². The molecule has 29 heavy (non-hydrogen) atoms. The van der Waals surface area contributed by atoms with Crippen LogP contribution in [0.3, 0.4) is 0 Å². The molecule has 4 rings (SSSR count). The summed E-state index contributed by atoms with van der Waals surface area (Å²) >= 11 is 1.22. The molecule has 0 radical (unpaired) electrons. The molecule has 0 saturated heterocycles. The average molecular weight is 411 g/mol. The van der Waals surface area contributed by atoms with Gasteiger partial charge in [-0.3, -0.25) is 9.59 Å². The van der Waals surface area contributed by atoms with Crippen molar-refractivity contribution in [3.05, 3.63) is 57.2 Å². The zero-order chi connectivity index (χ0) is 20.5. The standard InChI is InChI=1S/C20H21N5O3S/c1-11-15-18(26)21-10-22-20(15)29-16(11)19(27)23-12(2)17-24-13-6-4-5-7-14(13)25(17)8-9-28-3/h4-7,10,12H,8-9H2,1-3H3,(H,23,27)(H,21,22,26). The number of benzene rings is 1. The Bertz CT molecular complexity index is 1260. The molecule has 0 aliphatic heterocycles. The van der Waals surface area contributed by atoms with Gasteiger partial charge in [-0.05, 0) is 31.5 Å². The summed E-state index contributed by atoms with van der Waals surface area (Å²) in [7, 11) is 1.66. The molecule has 8 nitrogen and oxygen atoms in total. The van der Waals surface area contributed by atoms with E-state index in [4.69, 9.17) is 9.72 Å². The molecule has 0 saturated carbocycles. The fourth-order valence-corrected chi connectivity index (χ4v) is 4.52. The zero-order valence-corrected chi connectivity index (χ0v) is 17.2. The van der Waals surface area contributed by atoms with Crippen molar-refractivity contribution in [2.45, 2.75) is 26.4 Å². The van der Waals surface area contributed by atoms with E-state index in [0.29, 0.717) is 33.8 Å². The summed E-state index contributed by atoms with van der Waals surface area (Å²) in [6.45, 7) is 4.84. The SMILES string of the molecule is COCCn1c(C(C)NC(=O)c2sc3nc[nH]c(=O)c3c2C)nc2ccccc21. The molecular formula is C20H21N5O3S. The van der Waals surface area contributed by atoms with Gasteiger partial charge in [-0.25, -0.2) is 9.97 Å². The van der Waals surface area contributed by atoms with Crippen molar-refractivity contribution in [2.75, 3.05) is 13.7 Å². The lowest BCUT2D eigenvalue weighted by atomic mass is 10.2. The molecule has 1 atom stereocenters. The smallest absolute Gasteiger partial charge is 0.262 e. The fraction of sp³-hybridized carbons (Fsp3) is 0.300. The van der Waals surface area contributed by atoms with E-state index in [9.17, 15) is 9.59 Å². The number of aromatic amines is 1. The number of aromatic nitrogens is 4. The molecule has 1 amide bonds. The van der Waals surface area contributed by atoms with E-state index in [0.717, 1.165) is 16.9 Å². The highest BCUT2D eigenvalue weighted by Gasteiger charge is 2.23. The van der Waals surface area contributed by atoms with Crippen molar-refractivity contribution in [3.63, 3.8) is 0 Å². The second kappa shape index (κ2) is 7.76. The van der Waals surface area contributed by atoms with Gasteiger partial charge in [-0.15, -0.1) is 11.3 Å². The Hall–Kier alpha value is -3.04. The number of amides is 1. The minimum absolute atomic E-state index is 0.239. The monoisotopic (exact) mass is 411 g/mol. The summed E-state index contributed by atoms with van der Waals surface area (Å²) in [4.78, 5) is 37.5. The van der Waals surface area contributed by atoms with Crippen LogP contribution in [-0.2, 0) is 11.3 Å². The van der Waals surface area contributed by atoms with Gasteiger partial charge in [0.25, 0.3) is 11.5 Å². The van der Waals surface area contributed by atoms with E-state index in [-0.39, 0.29) is 17.5 Å². The van der Waals surface area contributed by atoms with Gasteiger partial charge < -0.3 is 19.6 Å². The highest BCUT2D eigenvalue weighted by atomic mass is 32.1. The normalized spacial score (nSPS) is 12.5. The maximum atomic E-state index is 13.0. The predicted octanol–water partition coefficient (Wildman–Crippen LogP) is 2.78. The van der Waals surface area contributed by atoms with Crippen LogP contribution >= 0.6 is 11.3 Å². The Morgan fingerprint density at radius 3 is 2.93 bits per heavy atom. The van der Waals surface area contributed by atoms with Gasteiger partial charge in [0.15, 0.2) is 0 Å². The molecule has 0 spiro atoms. The molecule has 2 N–H and O–H groups in total. The highest BCUT2D eigenvalue weighted by Crippen LogP contribution is 2.27. The van der Waals surface area contributed by atoms with Crippen LogP contribution < -0.4 is 10.9 Å². The van der Waals surface area contributed by atoms with Crippen molar-refractivity contribution in [2.24, 2.45) is 0 Å². The molecule has 0 aliphatic rings. The van der Waals surface area contributed by atoms with E-state index < -0.39 is 0 Å². The first kappa shape index (κ1) is 19.3. The summed E-state index contributed by atoms with van der Waals surface area (Å²) < 4.78 is 7.30. The van der Waals surface area contributed by atoms with E-state index >= 15 is 0 Å². The molecule has 9 heteroatoms. The first-order valence-electron chi connectivity index (χ1n) is 9.23.